The van der Waals surface area contributed by atoms with E-state index in [0.29, 0.717) is 6.54 Å². The zero-order chi connectivity index (χ0) is 15.7. The minimum absolute atomic E-state index is 0.260. The number of nitrogens with one attached hydrogen (secondary N) is 3. The lowest BCUT2D eigenvalue weighted by molar-refractivity contribution is 0.588. The average Bonchev–Trinajstić information content (AvgIpc) is 2.51. The number of hydrogen-bond donors (Lipinski definition) is 3. The molecule has 0 atom stereocenters. The molecule has 0 aliphatic carbocycles. The monoisotopic (exact) mass is 330 g/mol. The highest BCUT2D eigenvalue weighted by Gasteiger charge is 2.10. The lowest BCUT2D eigenvalue weighted by Gasteiger charge is -2.11. The maximum atomic E-state index is 11.6. The Kier molecular flexibility index (Phi) is 7.55. The smallest absolute Gasteiger partial charge is 0.240 e. The van der Waals surface area contributed by atoms with Gasteiger partial charge >= 0.3 is 0 Å². The minimum atomic E-state index is -3.37. The molecular formula is C13H22N4O2S2. The summed E-state index contributed by atoms with van der Waals surface area (Å²) < 4.78 is 25.5. The van der Waals surface area contributed by atoms with Crippen LogP contribution in [0.3, 0.4) is 0 Å². The van der Waals surface area contributed by atoms with Gasteiger partial charge in [0.25, 0.3) is 0 Å². The van der Waals surface area contributed by atoms with Crippen molar-refractivity contribution in [3.05, 3.63) is 29.8 Å². The van der Waals surface area contributed by atoms with Crippen molar-refractivity contribution in [1.29, 1.82) is 0 Å². The van der Waals surface area contributed by atoms with Crippen molar-refractivity contribution in [2.24, 2.45) is 4.99 Å². The van der Waals surface area contributed by atoms with Crippen LogP contribution in [0.2, 0.25) is 0 Å². The van der Waals surface area contributed by atoms with Gasteiger partial charge < -0.3 is 10.6 Å². The van der Waals surface area contributed by atoms with Gasteiger partial charge in [0.2, 0.25) is 10.0 Å². The summed E-state index contributed by atoms with van der Waals surface area (Å²) in [6, 6.07) is 6.75. The number of thioether (sulfide) groups is 1. The second-order valence-corrected chi connectivity index (χ2v) is 7.07. The summed E-state index contributed by atoms with van der Waals surface area (Å²) in [6.45, 7) is 1.43. The highest BCUT2D eigenvalue weighted by atomic mass is 32.2. The zero-order valence-corrected chi connectivity index (χ0v) is 14.1. The molecule has 0 fully saturated rings. The summed E-state index contributed by atoms with van der Waals surface area (Å²) in [5, 5.41) is 6.38. The third kappa shape index (κ3) is 5.94. The van der Waals surface area contributed by atoms with Gasteiger partial charge in [0.15, 0.2) is 5.96 Å². The number of hydrogen-bond acceptors (Lipinski definition) is 4. The molecule has 0 saturated heterocycles. The van der Waals surface area contributed by atoms with Gasteiger partial charge in [0.1, 0.15) is 0 Å². The normalized spacial score (nSPS) is 12.2. The lowest BCUT2D eigenvalue weighted by Crippen LogP contribution is -2.37. The van der Waals surface area contributed by atoms with E-state index in [1.807, 2.05) is 0 Å². The first kappa shape index (κ1) is 17.8. The SMILES string of the molecule is CN=C(NCCSC)NCc1ccc(S(=O)(=O)NC)cc1. The van der Waals surface area contributed by atoms with Crippen LogP contribution in [0.25, 0.3) is 0 Å². The van der Waals surface area contributed by atoms with E-state index in [-0.39, 0.29) is 4.90 Å². The largest absolute Gasteiger partial charge is 0.356 e. The predicted octanol–water partition coefficient (Wildman–Crippen LogP) is 0.623. The van der Waals surface area contributed by atoms with Gasteiger partial charge in [-0.2, -0.15) is 11.8 Å². The van der Waals surface area contributed by atoms with Crippen molar-refractivity contribution in [3.63, 3.8) is 0 Å². The first-order valence-electron chi connectivity index (χ1n) is 6.49. The molecule has 0 aliphatic heterocycles. The molecule has 6 nitrogen and oxygen atoms in total. The number of nitrogens with zero attached hydrogens (tertiary/aromatic N) is 1. The zero-order valence-electron chi connectivity index (χ0n) is 12.5. The highest BCUT2D eigenvalue weighted by molar-refractivity contribution is 7.98. The molecule has 0 aliphatic rings. The van der Waals surface area contributed by atoms with E-state index in [0.717, 1.165) is 23.8 Å². The van der Waals surface area contributed by atoms with Gasteiger partial charge in [-0.05, 0) is 31.0 Å². The Bertz CT molecular complexity index is 556. The van der Waals surface area contributed by atoms with Gasteiger partial charge in [-0.1, -0.05) is 12.1 Å². The molecule has 0 bridgehead atoms. The molecule has 0 amide bonds. The Balaban J connectivity index is 2.56. The highest BCUT2D eigenvalue weighted by Crippen LogP contribution is 2.09. The van der Waals surface area contributed by atoms with Crippen LogP contribution in [0.5, 0.6) is 0 Å². The molecule has 0 radical (unpaired) electrons. The number of guanidine groups is 1. The standard InChI is InChI=1S/C13H22N4O2S2/c1-14-13(16-8-9-20-3)17-10-11-4-6-12(7-5-11)21(18,19)15-2/h4-7,15H,8-10H2,1-3H3,(H2,14,16,17). The van der Waals surface area contributed by atoms with E-state index in [1.165, 1.54) is 7.05 Å². The molecule has 1 aromatic carbocycles. The molecule has 0 heterocycles. The molecule has 0 spiro atoms. The van der Waals surface area contributed by atoms with Crippen LogP contribution in [-0.4, -0.2) is 47.0 Å². The fourth-order valence-corrected chi connectivity index (χ4v) is 2.62. The Morgan fingerprint density at radius 2 is 1.90 bits per heavy atom. The van der Waals surface area contributed by atoms with Gasteiger partial charge in [-0.3, -0.25) is 4.99 Å². The molecule has 8 heteroatoms. The third-order valence-electron chi connectivity index (χ3n) is 2.78. The summed E-state index contributed by atoms with van der Waals surface area (Å²) >= 11 is 1.77. The minimum Gasteiger partial charge on any atom is -0.356 e. The fraction of sp³-hybridized carbons (Fsp3) is 0.462. The maximum absolute atomic E-state index is 11.6. The van der Waals surface area contributed by atoms with Crippen LogP contribution >= 0.6 is 11.8 Å². The van der Waals surface area contributed by atoms with Crippen LogP contribution < -0.4 is 15.4 Å². The van der Waals surface area contributed by atoms with Crippen LogP contribution in [-0.2, 0) is 16.6 Å². The van der Waals surface area contributed by atoms with Gasteiger partial charge in [-0.15, -0.1) is 0 Å². The molecular weight excluding hydrogens is 308 g/mol. The Hall–Kier alpha value is -1.25. The third-order valence-corrected chi connectivity index (χ3v) is 4.83. The molecule has 0 saturated carbocycles. The summed E-state index contributed by atoms with van der Waals surface area (Å²) in [4.78, 5) is 4.38. The number of benzene rings is 1. The molecule has 1 aromatic rings. The van der Waals surface area contributed by atoms with Crippen molar-refractivity contribution in [3.8, 4) is 0 Å². The van der Waals surface area contributed by atoms with Gasteiger partial charge in [0, 0.05) is 25.9 Å². The van der Waals surface area contributed by atoms with E-state index >= 15 is 0 Å². The Morgan fingerprint density at radius 3 is 2.43 bits per heavy atom. The van der Waals surface area contributed by atoms with E-state index in [4.69, 9.17) is 0 Å². The first-order valence-corrected chi connectivity index (χ1v) is 9.37. The van der Waals surface area contributed by atoms with Crippen LogP contribution in [0.15, 0.2) is 34.2 Å². The average molecular weight is 330 g/mol. The molecule has 3 N–H and O–H groups in total. The molecule has 118 valence electrons. The van der Waals surface area contributed by atoms with Gasteiger partial charge in [0.05, 0.1) is 4.90 Å². The second kappa shape index (κ2) is 8.91. The fourth-order valence-electron chi connectivity index (χ4n) is 1.58. The second-order valence-electron chi connectivity index (χ2n) is 4.20. The molecule has 21 heavy (non-hydrogen) atoms. The summed E-state index contributed by atoms with van der Waals surface area (Å²) in [7, 11) is -0.258. The van der Waals surface area contributed by atoms with Crippen molar-refractivity contribution >= 4 is 27.7 Å². The number of sulfonamides is 1. The molecule has 1 rings (SSSR count). The summed E-state index contributed by atoms with van der Waals surface area (Å²) in [6.07, 6.45) is 2.05. The quantitative estimate of drug-likeness (QED) is 0.388. The van der Waals surface area contributed by atoms with E-state index in [2.05, 4.69) is 26.6 Å². The number of rotatable bonds is 7. The van der Waals surface area contributed by atoms with Crippen LogP contribution in [0.4, 0.5) is 0 Å². The van der Waals surface area contributed by atoms with Crippen molar-refractivity contribution in [2.75, 3.05) is 32.6 Å². The Morgan fingerprint density at radius 1 is 1.24 bits per heavy atom. The summed E-state index contributed by atoms with van der Waals surface area (Å²) in [5.41, 5.74) is 0.984. The Labute approximate surface area is 130 Å². The van der Waals surface area contributed by atoms with E-state index in [1.54, 1.807) is 43.1 Å². The predicted molar refractivity (Wildman–Crippen MR) is 89.3 cm³/mol. The molecule has 0 unspecified atom stereocenters. The number of aliphatic imine (C=N–C) groups is 1. The van der Waals surface area contributed by atoms with Crippen LogP contribution in [0.1, 0.15) is 5.56 Å². The van der Waals surface area contributed by atoms with Gasteiger partial charge in [-0.25, -0.2) is 13.1 Å². The lowest BCUT2D eigenvalue weighted by atomic mass is 10.2. The van der Waals surface area contributed by atoms with E-state index < -0.39 is 10.0 Å². The summed E-state index contributed by atoms with van der Waals surface area (Å²) in [5.74, 6) is 1.74. The molecule has 0 aromatic heterocycles. The van der Waals surface area contributed by atoms with Crippen molar-refractivity contribution in [1.82, 2.24) is 15.4 Å². The van der Waals surface area contributed by atoms with Crippen molar-refractivity contribution < 1.29 is 8.42 Å². The van der Waals surface area contributed by atoms with E-state index in [9.17, 15) is 8.42 Å². The van der Waals surface area contributed by atoms with Crippen molar-refractivity contribution in [2.45, 2.75) is 11.4 Å². The first-order chi connectivity index (χ1) is 10.0. The van der Waals surface area contributed by atoms with Crippen LogP contribution in [0, 0.1) is 0 Å². The maximum Gasteiger partial charge on any atom is 0.240 e. The topological polar surface area (TPSA) is 82.6 Å².